The summed E-state index contributed by atoms with van der Waals surface area (Å²) in [6.45, 7) is 4.69. The zero-order chi connectivity index (χ0) is 14.4. The van der Waals surface area contributed by atoms with Gasteiger partial charge in [-0.05, 0) is 35.9 Å². The number of halogens is 2. The van der Waals surface area contributed by atoms with Crippen LogP contribution in [0.4, 0.5) is 10.1 Å². The van der Waals surface area contributed by atoms with E-state index < -0.39 is 0 Å². The van der Waals surface area contributed by atoms with Crippen molar-refractivity contribution in [2.24, 2.45) is 0 Å². The minimum Gasteiger partial charge on any atom is -0.490 e. The lowest BCUT2D eigenvalue weighted by atomic mass is 10.2. The average Bonchev–Trinajstić information content (AvgIpc) is 2.45. The molecule has 2 aromatic rings. The zero-order valence-electron chi connectivity index (χ0n) is 10.9. The van der Waals surface area contributed by atoms with E-state index in [9.17, 15) is 4.39 Å². The molecule has 0 aliphatic heterocycles. The van der Waals surface area contributed by atoms with Crippen LogP contribution in [0.2, 0.25) is 5.02 Å². The van der Waals surface area contributed by atoms with Gasteiger partial charge in [-0.1, -0.05) is 36.4 Å². The average molecular weight is 292 g/mol. The van der Waals surface area contributed by atoms with Gasteiger partial charge in [0.15, 0.2) is 0 Å². The first-order chi connectivity index (χ1) is 9.69. The SMILES string of the molecule is C=CCOc1ccc(CNc2ccc(F)cc2Cl)cc1. The van der Waals surface area contributed by atoms with Crippen molar-refractivity contribution in [3.63, 3.8) is 0 Å². The Kier molecular flexibility index (Phi) is 5.02. The minimum absolute atomic E-state index is 0.343. The summed E-state index contributed by atoms with van der Waals surface area (Å²) >= 11 is 5.95. The van der Waals surface area contributed by atoms with Crippen molar-refractivity contribution in [2.45, 2.75) is 6.54 Å². The number of hydrogen-bond donors (Lipinski definition) is 1. The second-order valence-corrected chi connectivity index (χ2v) is 4.63. The molecule has 1 N–H and O–H groups in total. The summed E-state index contributed by atoms with van der Waals surface area (Å²) < 4.78 is 18.3. The van der Waals surface area contributed by atoms with Crippen molar-refractivity contribution in [1.82, 2.24) is 0 Å². The van der Waals surface area contributed by atoms with E-state index >= 15 is 0 Å². The maximum Gasteiger partial charge on any atom is 0.124 e. The third kappa shape index (κ3) is 4.00. The van der Waals surface area contributed by atoms with Crippen LogP contribution >= 0.6 is 11.6 Å². The third-order valence-electron chi connectivity index (χ3n) is 2.71. The Morgan fingerprint density at radius 2 is 1.95 bits per heavy atom. The molecule has 0 aliphatic carbocycles. The van der Waals surface area contributed by atoms with E-state index in [0.717, 1.165) is 11.3 Å². The smallest absolute Gasteiger partial charge is 0.124 e. The quantitative estimate of drug-likeness (QED) is 0.782. The topological polar surface area (TPSA) is 21.3 Å². The zero-order valence-corrected chi connectivity index (χ0v) is 11.7. The number of anilines is 1. The summed E-state index contributed by atoms with van der Waals surface area (Å²) in [7, 11) is 0. The van der Waals surface area contributed by atoms with Crippen LogP contribution in [0.3, 0.4) is 0 Å². The van der Waals surface area contributed by atoms with Crippen molar-refractivity contribution in [2.75, 3.05) is 11.9 Å². The molecule has 0 amide bonds. The molecule has 0 fully saturated rings. The van der Waals surface area contributed by atoms with Crippen LogP contribution in [0.1, 0.15) is 5.56 Å². The normalized spacial score (nSPS) is 10.1. The van der Waals surface area contributed by atoms with Crippen LogP contribution in [0, 0.1) is 5.82 Å². The van der Waals surface area contributed by atoms with Gasteiger partial charge < -0.3 is 10.1 Å². The Morgan fingerprint density at radius 1 is 1.20 bits per heavy atom. The first-order valence-electron chi connectivity index (χ1n) is 6.20. The van der Waals surface area contributed by atoms with Gasteiger partial charge in [-0.2, -0.15) is 0 Å². The van der Waals surface area contributed by atoms with Gasteiger partial charge in [0.2, 0.25) is 0 Å². The standard InChI is InChI=1S/C16H15ClFNO/c1-2-9-20-14-6-3-12(4-7-14)11-19-16-8-5-13(18)10-15(16)17/h2-8,10,19H,1,9,11H2. The summed E-state index contributed by atoms with van der Waals surface area (Å²) in [6.07, 6.45) is 1.70. The largest absolute Gasteiger partial charge is 0.490 e. The van der Waals surface area contributed by atoms with E-state index in [0.29, 0.717) is 23.9 Å². The van der Waals surface area contributed by atoms with Gasteiger partial charge in [-0.15, -0.1) is 0 Å². The fourth-order valence-electron chi connectivity index (χ4n) is 1.69. The third-order valence-corrected chi connectivity index (χ3v) is 3.02. The van der Waals surface area contributed by atoms with Crippen LogP contribution < -0.4 is 10.1 Å². The molecular weight excluding hydrogens is 277 g/mol. The van der Waals surface area contributed by atoms with Crippen molar-refractivity contribution in [3.8, 4) is 5.75 Å². The van der Waals surface area contributed by atoms with E-state index in [4.69, 9.17) is 16.3 Å². The van der Waals surface area contributed by atoms with Crippen molar-refractivity contribution >= 4 is 17.3 Å². The molecule has 104 valence electrons. The van der Waals surface area contributed by atoms with Crippen LogP contribution in [0.25, 0.3) is 0 Å². The van der Waals surface area contributed by atoms with Crippen LogP contribution in [0.5, 0.6) is 5.75 Å². The van der Waals surface area contributed by atoms with Gasteiger partial charge in [0.1, 0.15) is 18.2 Å². The molecule has 0 bridgehead atoms. The van der Waals surface area contributed by atoms with Gasteiger partial charge >= 0.3 is 0 Å². The molecule has 4 heteroatoms. The van der Waals surface area contributed by atoms with Crippen molar-refractivity contribution < 1.29 is 9.13 Å². The summed E-state index contributed by atoms with van der Waals surface area (Å²) in [5.41, 5.74) is 1.79. The molecule has 0 saturated carbocycles. The lowest BCUT2D eigenvalue weighted by molar-refractivity contribution is 0.363. The number of hydrogen-bond acceptors (Lipinski definition) is 2. The summed E-state index contributed by atoms with van der Waals surface area (Å²) in [5.74, 6) is 0.456. The van der Waals surface area contributed by atoms with Gasteiger partial charge in [-0.25, -0.2) is 4.39 Å². The maximum atomic E-state index is 12.9. The summed E-state index contributed by atoms with van der Waals surface area (Å²) in [5, 5.41) is 3.53. The van der Waals surface area contributed by atoms with E-state index in [1.807, 2.05) is 24.3 Å². The number of ether oxygens (including phenoxy) is 1. The Morgan fingerprint density at radius 3 is 2.60 bits per heavy atom. The highest BCUT2D eigenvalue weighted by Gasteiger charge is 2.02. The number of rotatable bonds is 6. The fraction of sp³-hybridized carbons (Fsp3) is 0.125. The molecule has 0 unspecified atom stereocenters. The van der Waals surface area contributed by atoms with Gasteiger partial charge in [-0.3, -0.25) is 0 Å². The monoisotopic (exact) mass is 291 g/mol. The Balaban J connectivity index is 1.95. The Bertz CT molecular complexity index is 584. The van der Waals surface area contributed by atoms with E-state index in [2.05, 4.69) is 11.9 Å². The van der Waals surface area contributed by atoms with Crippen molar-refractivity contribution in [3.05, 3.63) is 71.5 Å². The maximum absolute atomic E-state index is 12.9. The second kappa shape index (κ2) is 6.96. The molecule has 0 radical (unpaired) electrons. The molecule has 0 heterocycles. The van der Waals surface area contributed by atoms with Gasteiger partial charge in [0.25, 0.3) is 0 Å². The minimum atomic E-state index is -0.343. The second-order valence-electron chi connectivity index (χ2n) is 4.22. The summed E-state index contributed by atoms with van der Waals surface area (Å²) in [4.78, 5) is 0. The molecule has 2 aromatic carbocycles. The van der Waals surface area contributed by atoms with Gasteiger partial charge in [0, 0.05) is 6.54 Å². The predicted octanol–water partition coefficient (Wildman–Crippen LogP) is 4.66. The number of nitrogens with one attached hydrogen (secondary N) is 1. The molecule has 0 aliphatic rings. The summed E-state index contributed by atoms with van der Waals surface area (Å²) in [6, 6.07) is 12.0. The molecular formula is C16H15ClFNO. The molecule has 0 aromatic heterocycles. The highest BCUT2D eigenvalue weighted by Crippen LogP contribution is 2.23. The highest BCUT2D eigenvalue weighted by molar-refractivity contribution is 6.33. The van der Waals surface area contributed by atoms with E-state index in [1.165, 1.54) is 12.1 Å². The number of benzene rings is 2. The van der Waals surface area contributed by atoms with Crippen LogP contribution in [-0.2, 0) is 6.54 Å². The van der Waals surface area contributed by atoms with E-state index in [-0.39, 0.29) is 5.82 Å². The molecule has 20 heavy (non-hydrogen) atoms. The molecule has 0 atom stereocenters. The lowest BCUT2D eigenvalue weighted by Gasteiger charge is -2.09. The fourth-order valence-corrected chi connectivity index (χ4v) is 1.92. The molecule has 2 rings (SSSR count). The molecule has 2 nitrogen and oxygen atoms in total. The molecule has 0 spiro atoms. The first-order valence-corrected chi connectivity index (χ1v) is 6.58. The lowest BCUT2D eigenvalue weighted by Crippen LogP contribution is -2.00. The highest BCUT2D eigenvalue weighted by atomic mass is 35.5. The Hall–Kier alpha value is -2.00. The Labute approximate surface area is 122 Å². The first kappa shape index (κ1) is 14.4. The van der Waals surface area contributed by atoms with E-state index in [1.54, 1.807) is 12.1 Å². The predicted molar refractivity (Wildman–Crippen MR) is 80.9 cm³/mol. The van der Waals surface area contributed by atoms with Crippen molar-refractivity contribution in [1.29, 1.82) is 0 Å². The van der Waals surface area contributed by atoms with Crippen LogP contribution in [-0.4, -0.2) is 6.61 Å². The van der Waals surface area contributed by atoms with Crippen LogP contribution in [0.15, 0.2) is 55.1 Å². The molecule has 0 saturated heterocycles. The van der Waals surface area contributed by atoms with Gasteiger partial charge in [0.05, 0.1) is 10.7 Å².